The Hall–Kier alpha value is -0.980. The van der Waals surface area contributed by atoms with E-state index in [9.17, 15) is 4.79 Å². The van der Waals surface area contributed by atoms with Crippen molar-refractivity contribution < 1.29 is 4.79 Å². The van der Waals surface area contributed by atoms with Crippen LogP contribution in [0.25, 0.3) is 0 Å². The van der Waals surface area contributed by atoms with Crippen LogP contribution in [0.5, 0.6) is 0 Å². The first-order valence-electron chi connectivity index (χ1n) is 7.60. The number of thiazole rings is 1. The van der Waals surface area contributed by atoms with E-state index in [2.05, 4.69) is 22.2 Å². The van der Waals surface area contributed by atoms with E-state index >= 15 is 0 Å². The van der Waals surface area contributed by atoms with Crippen molar-refractivity contribution in [3.8, 4) is 0 Å². The van der Waals surface area contributed by atoms with Gasteiger partial charge in [0.15, 0.2) is 0 Å². The van der Waals surface area contributed by atoms with Gasteiger partial charge in [-0.3, -0.25) is 9.69 Å². The van der Waals surface area contributed by atoms with E-state index < -0.39 is 0 Å². The molecule has 2 atom stereocenters. The normalized spacial score (nSPS) is 21.2. The molecule has 0 bridgehead atoms. The molecule has 0 spiro atoms. The minimum Gasteiger partial charge on any atom is -0.348 e. The quantitative estimate of drug-likeness (QED) is 0.895. The molecule has 5 nitrogen and oxygen atoms in total. The number of nitrogens with zero attached hydrogens (tertiary/aromatic N) is 3. The molecule has 0 aliphatic carbocycles. The van der Waals surface area contributed by atoms with Crippen molar-refractivity contribution >= 4 is 17.2 Å². The highest BCUT2D eigenvalue weighted by molar-refractivity contribution is 7.09. The number of nitrogens with two attached hydrogens (primary N) is 1. The number of carbonyl (C=O) groups excluding carboxylic acids is 1. The SMILES string of the molecule is CC(N)C1CCCCN1Cc1csc(CC(=O)N(C)C)n1. The topological polar surface area (TPSA) is 62.5 Å². The van der Waals surface area contributed by atoms with E-state index in [1.165, 1.54) is 19.3 Å². The van der Waals surface area contributed by atoms with Gasteiger partial charge in [-0.15, -0.1) is 11.3 Å². The van der Waals surface area contributed by atoms with E-state index in [4.69, 9.17) is 5.73 Å². The molecule has 1 aromatic rings. The molecule has 1 aliphatic heterocycles. The van der Waals surface area contributed by atoms with Crippen LogP contribution in [0.1, 0.15) is 36.9 Å². The number of amides is 1. The highest BCUT2D eigenvalue weighted by Crippen LogP contribution is 2.22. The predicted octanol–water partition coefficient (Wildman–Crippen LogP) is 1.48. The lowest BCUT2D eigenvalue weighted by molar-refractivity contribution is -0.127. The average molecular weight is 310 g/mol. The summed E-state index contributed by atoms with van der Waals surface area (Å²) in [5, 5.41) is 2.98. The monoisotopic (exact) mass is 310 g/mol. The zero-order chi connectivity index (χ0) is 15.4. The first kappa shape index (κ1) is 16.4. The molecule has 21 heavy (non-hydrogen) atoms. The molecule has 2 heterocycles. The summed E-state index contributed by atoms with van der Waals surface area (Å²) in [5.41, 5.74) is 7.17. The van der Waals surface area contributed by atoms with Gasteiger partial charge in [0.2, 0.25) is 5.91 Å². The van der Waals surface area contributed by atoms with Gasteiger partial charge in [0.1, 0.15) is 5.01 Å². The Morgan fingerprint density at radius 2 is 2.33 bits per heavy atom. The summed E-state index contributed by atoms with van der Waals surface area (Å²) >= 11 is 1.58. The van der Waals surface area contributed by atoms with Crippen molar-refractivity contribution in [1.29, 1.82) is 0 Å². The molecule has 0 saturated carbocycles. The van der Waals surface area contributed by atoms with Gasteiger partial charge in [-0.1, -0.05) is 6.42 Å². The molecule has 2 rings (SSSR count). The Balaban J connectivity index is 1.96. The molecule has 1 aliphatic rings. The number of likely N-dealkylation sites (tertiary alicyclic amines) is 1. The van der Waals surface area contributed by atoms with Gasteiger partial charge >= 0.3 is 0 Å². The number of hydrogen-bond donors (Lipinski definition) is 1. The Bertz CT molecular complexity index is 472. The maximum Gasteiger partial charge on any atom is 0.228 e. The van der Waals surface area contributed by atoms with E-state index in [-0.39, 0.29) is 11.9 Å². The van der Waals surface area contributed by atoms with Crippen LogP contribution >= 0.6 is 11.3 Å². The second-order valence-electron chi connectivity index (χ2n) is 6.09. The molecule has 0 aromatic carbocycles. The first-order chi connectivity index (χ1) is 9.97. The maximum atomic E-state index is 11.7. The van der Waals surface area contributed by atoms with Crippen LogP contribution in [0.2, 0.25) is 0 Å². The summed E-state index contributed by atoms with van der Waals surface area (Å²) in [6, 6.07) is 0.644. The highest BCUT2D eigenvalue weighted by atomic mass is 32.1. The van der Waals surface area contributed by atoms with Crippen LogP contribution in [0, 0.1) is 0 Å². The molecule has 1 saturated heterocycles. The number of aromatic nitrogens is 1. The lowest BCUT2D eigenvalue weighted by Gasteiger charge is -2.37. The summed E-state index contributed by atoms with van der Waals surface area (Å²) in [6.07, 6.45) is 4.07. The molecule has 118 valence electrons. The van der Waals surface area contributed by atoms with Crippen LogP contribution in [-0.2, 0) is 17.8 Å². The number of rotatable bonds is 5. The van der Waals surface area contributed by atoms with Crippen LogP contribution < -0.4 is 5.73 Å². The van der Waals surface area contributed by atoms with Crippen LogP contribution in [-0.4, -0.2) is 53.4 Å². The lowest BCUT2D eigenvalue weighted by atomic mass is 9.97. The van der Waals surface area contributed by atoms with Crippen molar-refractivity contribution in [2.75, 3.05) is 20.6 Å². The number of hydrogen-bond acceptors (Lipinski definition) is 5. The summed E-state index contributed by atoms with van der Waals surface area (Å²) in [6.45, 7) is 4.03. The van der Waals surface area contributed by atoms with Crippen LogP contribution in [0.4, 0.5) is 0 Å². The van der Waals surface area contributed by atoms with E-state index in [0.29, 0.717) is 12.5 Å². The molecule has 6 heteroatoms. The van der Waals surface area contributed by atoms with Crippen molar-refractivity contribution in [2.45, 2.75) is 51.2 Å². The van der Waals surface area contributed by atoms with Gasteiger partial charge in [0, 0.05) is 38.1 Å². The van der Waals surface area contributed by atoms with Gasteiger partial charge in [-0.05, 0) is 26.3 Å². The highest BCUT2D eigenvalue weighted by Gasteiger charge is 2.26. The smallest absolute Gasteiger partial charge is 0.228 e. The van der Waals surface area contributed by atoms with Crippen molar-refractivity contribution in [1.82, 2.24) is 14.8 Å². The Kier molecular flexibility index (Phi) is 5.72. The standard InChI is InChI=1S/C15H26N4OS/c1-11(16)13-6-4-5-7-19(13)9-12-10-21-14(17-12)8-15(20)18(2)3/h10-11,13H,4-9,16H2,1-3H3. The average Bonchev–Trinajstić information content (AvgIpc) is 2.86. The van der Waals surface area contributed by atoms with Crippen LogP contribution in [0.15, 0.2) is 5.38 Å². The van der Waals surface area contributed by atoms with Crippen molar-refractivity contribution in [2.24, 2.45) is 5.73 Å². The third kappa shape index (κ3) is 4.49. The van der Waals surface area contributed by atoms with Gasteiger partial charge in [-0.2, -0.15) is 0 Å². The fraction of sp³-hybridized carbons (Fsp3) is 0.733. The fourth-order valence-electron chi connectivity index (χ4n) is 2.81. The van der Waals surface area contributed by atoms with Gasteiger partial charge < -0.3 is 10.6 Å². The fourth-order valence-corrected chi connectivity index (χ4v) is 3.58. The van der Waals surface area contributed by atoms with E-state index in [1.54, 1.807) is 30.3 Å². The van der Waals surface area contributed by atoms with Crippen molar-refractivity contribution in [3.63, 3.8) is 0 Å². The predicted molar refractivity (Wildman–Crippen MR) is 86.2 cm³/mol. The van der Waals surface area contributed by atoms with E-state index in [1.807, 2.05) is 0 Å². The summed E-state index contributed by atoms with van der Waals surface area (Å²) in [5.74, 6) is 0.0994. The zero-order valence-corrected chi connectivity index (χ0v) is 14.0. The number of likely N-dealkylation sites (N-methyl/N-ethyl adjacent to an activating group) is 1. The molecule has 0 radical (unpaired) electrons. The molecule has 1 amide bonds. The van der Waals surface area contributed by atoms with Crippen molar-refractivity contribution in [3.05, 3.63) is 16.1 Å². The second kappa shape index (κ2) is 7.33. The number of carbonyl (C=O) groups is 1. The molecule has 1 aromatic heterocycles. The van der Waals surface area contributed by atoms with Crippen LogP contribution in [0.3, 0.4) is 0 Å². The minimum atomic E-state index is 0.0994. The Morgan fingerprint density at radius 1 is 1.57 bits per heavy atom. The van der Waals surface area contributed by atoms with E-state index in [0.717, 1.165) is 23.8 Å². The molecule has 2 unspecified atom stereocenters. The number of piperidine rings is 1. The summed E-state index contributed by atoms with van der Waals surface area (Å²) in [7, 11) is 3.55. The third-order valence-electron chi connectivity index (χ3n) is 4.04. The summed E-state index contributed by atoms with van der Waals surface area (Å²) in [4.78, 5) is 20.4. The third-order valence-corrected chi connectivity index (χ3v) is 4.93. The molecule has 1 fully saturated rings. The molecular formula is C15H26N4OS. The Morgan fingerprint density at radius 3 is 3.00 bits per heavy atom. The first-order valence-corrected chi connectivity index (χ1v) is 8.48. The van der Waals surface area contributed by atoms with Gasteiger partial charge in [0.05, 0.1) is 12.1 Å². The lowest BCUT2D eigenvalue weighted by Crippen LogP contribution is -2.48. The minimum absolute atomic E-state index is 0.0994. The molecule has 2 N–H and O–H groups in total. The largest absolute Gasteiger partial charge is 0.348 e. The Labute approximate surface area is 131 Å². The summed E-state index contributed by atoms with van der Waals surface area (Å²) < 4.78 is 0. The zero-order valence-electron chi connectivity index (χ0n) is 13.2. The maximum absolute atomic E-state index is 11.7. The second-order valence-corrected chi connectivity index (χ2v) is 7.03. The van der Waals surface area contributed by atoms with Gasteiger partial charge in [-0.25, -0.2) is 4.98 Å². The van der Waals surface area contributed by atoms with Gasteiger partial charge in [0.25, 0.3) is 0 Å². The molecular weight excluding hydrogens is 284 g/mol.